The van der Waals surface area contributed by atoms with Crippen LogP contribution in [0.1, 0.15) is 28.8 Å². The minimum absolute atomic E-state index is 0.0470. The molecule has 1 aromatic carbocycles. The molecule has 2 heterocycles. The summed E-state index contributed by atoms with van der Waals surface area (Å²) in [6.45, 7) is 5.08. The first-order chi connectivity index (χ1) is 11.4. The molecule has 0 atom stereocenters. The molecule has 0 aliphatic heterocycles. The van der Waals surface area contributed by atoms with E-state index in [2.05, 4.69) is 20.4 Å². The molecular formula is C17H16FN5O. The van der Waals surface area contributed by atoms with Crippen molar-refractivity contribution >= 4 is 17.3 Å². The van der Waals surface area contributed by atoms with Gasteiger partial charge in [-0.2, -0.15) is 5.10 Å². The number of nitrogens with one attached hydrogen (secondary N) is 1. The third-order valence-corrected chi connectivity index (χ3v) is 3.55. The summed E-state index contributed by atoms with van der Waals surface area (Å²) < 4.78 is 14.6. The molecule has 0 spiro atoms. The first-order valence-electron chi connectivity index (χ1n) is 7.38. The Morgan fingerprint density at radius 2 is 1.88 bits per heavy atom. The van der Waals surface area contributed by atoms with Crippen molar-refractivity contribution in [1.82, 2.24) is 19.7 Å². The summed E-state index contributed by atoms with van der Waals surface area (Å²) in [4.78, 5) is 20.3. The molecule has 0 amide bonds. The summed E-state index contributed by atoms with van der Waals surface area (Å²) in [5.41, 5.74) is 1.98. The molecule has 0 radical (unpaired) electrons. The lowest BCUT2D eigenvalue weighted by Gasteiger charge is -2.10. The Bertz CT molecular complexity index is 902. The zero-order valence-electron chi connectivity index (χ0n) is 13.5. The van der Waals surface area contributed by atoms with Crippen LogP contribution in [0.3, 0.4) is 0 Å². The van der Waals surface area contributed by atoms with Crippen molar-refractivity contribution in [3.63, 3.8) is 0 Å². The number of ketones is 1. The molecule has 24 heavy (non-hydrogen) atoms. The number of carbonyl (C=O) groups excluding carboxylic acids is 1. The molecule has 3 aromatic rings. The van der Waals surface area contributed by atoms with Gasteiger partial charge in [-0.05, 0) is 45.0 Å². The highest BCUT2D eigenvalue weighted by molar-refractivity contribution is 5.95. The minimum atomic E-state index is -0.302. The third-order valence-electron chi connectivity index (χ3n) is 3.55. The standard InChI is InChI=1S/C17H16FN5O/c1-10-15(11(2)24)9-19-23(10)17-8-16(20-12(3)21-17)22-14-6-4-13(18)5-7-14/h4-9H,1-3H3,(H,20,21,22). The number of nitrogens with zero attached hydrogens (tertiary/aromatic N) is 4. The van der Waals surface area contributed by atoms with E-state index in [1.807, 2.05) is 6.92 Å². The Morgan fingerprint density at radius 1 is 1.17 bits per heavy atom. The Hall–Kier alpha value is -3.09. The second-order valence-electron chi connectivity index (χ2n) is 5.40. The van der Waals surface area contributed by atoms with E-state index in [4.69, 9.17) is 0 Å². The smallest absolute Gasteiger partial charge is 0.163 e. The fourth-order valence-corrected chi connectivity index (χ4v) is 2.39. The molecule has 0 saturated carbocycles. The number of carbonyl (C=O) groups is 1. The van der Waals surface area contributed by atoms with Crippen LogP contribution in [-0.4, -0.2) is 25.5 Å². The number of aromatic nitrogens is 4. The monoisotopic (exact) mass is 325 g/mol. The molecule has 0 bridgehead atoms. The molecule has 3 rings (SSSR count). The fraction of sp³-hybridized carbons (Fsp3) is 0.176. The third kappa shape index (κ3) is 3.15. The summed E-state index contributed by atoms with van der Waals surface area (Å²) in [5, 5.41) is 7.34. The van der Waals surface area contributed by atoms with Gasteiger partial charge in [0.15, 0.2) is 11.6 Å². The van der Waals surface area contributed by atoms with Crippen molar-refractivity contribution in [2.45, 2.75) is 20.8 Å². The van der Waals surface area contributed by atoms with Gasteiger partial charge in [0.1, 0.15) is 17.5 Å². The van der Waals surface area contributed by atoms with Gasteiger partial charge in [0.25, 0.3) is 0 Å². The van der Waals surface area contributed by atoms with E-state index in [1.165, 1.54) is 25.3 Å². The van der Waals surface area contributed by atoms with Gasteiger partial charge in [-0.1, -0.05) is 0 Å². The highest BCUT2D eigenvalue weighted by Gasteiger charge is 2.13. The van der Waals surface area contributed by atoms with E-state index in [-0.39, 0.29) is 11.6 Å². The van der Waals surface area contributed by atoms with Gasteiger partial charge < -0.3 is 5.32 Å². The lowest BCUT2D eigenvalue weighted by Crippen LogP contribution is -2.07. The van der Waals surface area contributed by atoms with E-state index in [0.29, 0.717) is 34.4 Å². The highest BCUT2D eigenvalue weighted by Crippen LogP contribution is 2.19. The van der Waals surface area contributed by atoms with Crippen LogP contribution in [0, 0.1) is 19.7 Å². The number of anilines is 2. The lowest BCUT2D eigenvalue weighted by atomic mass is 10.2. The van der Waals surface area contributed by atoms with Crippen molar-refractivity contribution in [1.29, 1.82) is 0 Å². The summed E-state index contributed by atoms with van der Waals surface area (Å²) >= 11 is 0. The van der Waals surface area contributed by atoms with Crippen LogP contribution in [0.25, 0.3) is 5.82 Å². The van der Waals surface area contributed by atoms with E-state index >= 15 is 0 Å². The first-order valence-corrected chi connectivity index (χ1v) is 7.38. The van der Waals surface area contributed by atoms with Crippen molar-refractivity contribution in [3.05, 3.63) is 59.4 Å². The highest BCUT2D eigenvalue weighted by atomic mass is 19.1. The summed E-state index contributed by atoms with van der Waals surface area (Å²) in [5.74, 6) is 1.31. The van der Waals surface area contributed by atoms with E-state index < -0.39 is 0 Å². The van der Waals surface area contributed by atoms with Crippen LogP contribution >= 0.6 is 0 Å². The average Bonchev–Trinajstić information content (AvgIpc) is 2.91. The van der Waals surface area contributed by atoms with E-state index in [9.17, 15) is 9.18 Å². The van der Waals surface area contributed by atoms with Crippen LogP contribution in [-0.2, 0) is 0 Å². The Kier molecular flexibility index (Phi) is 4.07. The van der Waals surface area contributed by atoms with Crippen LogP contribution in [0.4, 0.5) is 15.9 Å². The Labute approximate surface area is 138 Å². The molecule has 122 valence electrons. The second-order valence-corrected chi connectivity index (χ2v) is 5.40. The molecule has 1 N–H and O–H groups in total. The van der Waals surface area contributed by atoms with Gasteiger partial charge in [-0.25, -0.2) is 19.0 Å². The maximum atomic E-state index is 13.0. The van der Waals surface area contributed by atoms with Crippen LogP contribution in [0.2, 0.25) is 0 Å². The van der Waals surface area contributed by atoms with Gasteiger partial charge in [-0.15, -0.1) is 0 Å². The van der Waals surface area contributed by atoms with Gasteiger partial charge in [0.05, 0.1) is 17.5 Å². The molecule has 0 aliphatic rings. The zero-order valence-corrected chi connectivity index (χ0v) is 13.5. The van der Waals surface area contributed by atoms with Gasteiger partial charge in [0, 0.05) is 11.8 Å². The van der Waals surface area contributed by atoms with Crippen LogP contribution in [0.5, 0.6) is 0 Å². The largest absolute Gasteiger partial charge is 0.340 e. The quantitative estimate of drug-likeness (QED) is 0.745. The molecule has 0 saturated heterocycles. The van der Waals surface area contributed by atoms with Gasteiger partial charge in [0.2, 0.25) is 0 Å². The van der Waals surface area contributed by atoms with Crippen LogP contribution < -0.4 is 5.32 Å². The Balaban J connectivity index is 1.97. The van der Waals surface area contributed by atoms with Crippen molar-refractivity contribution in [3.8, 4) is 5.82 Å². The summed E-state index contributed by atoms with van der Waals surface area (Å²) in [6.07, 6.45) is 1.53. The second kappa shape index (κ2) is 6.19. The predicted octanol–water partition coefficient (Wildman–Crippen LogP) is 3.36. The SMILES string of the molecule is CC(=O)c1cnn(-c2cc(Nc3ccc(F)cc3)nc(C)n2)c1C. The fourth-order valence-electron chi connectivity index (χ4n) is 2.39. The lowest BCUT2D eigenvalue weighted by molar-refractivity contribution is 0.101. The number of hydrogen-bond donors (Lipinski definition) is 1. The van der Waals surface area contributed by atoms with E-state index in [0.717, 1.165) is 0 Å². The maximum absolute atomic E-state index is 13.0. The van der Waals surface area contributed by atoms with E-state index in [1.54, 1.807) is 29.8 Å². The molecule has 0 fully saturated rings. The number of aryl methyl sites for hydroxylation is 1. The van der Waals surface area contributed by atoms with Crippen molar-refractivity contribution in [2.24, 2.45) is 0 Å². The zero-order chi connectivity index (χ0) is 17.3. The maximum Gasteiger partial charge on any atom is 0.163 e. The Morgan fingerprint density at radius 3 is 2.50 bits per heavy atom. The number of halogens is 1. The number of benzene rings is 1. The number of rotatable bonds is 4. The topological polar surface area (TPSA) is 72.7 Å². The van der Waals surface area contributed by atoms with Crippen molar-refractivity contribution < 1.29 is 9.18 Å². The van der Waals surface area contributed by atoms with Gasteiger partial charge in [-0.3, -0.25) is 4.79 Å². The number of Topliss-reactive ketones (excluding diaryl/α,β-unsaturated/α-hetero) is 1. The molecule has 0 aliphatic carbocycles. The van der Waals surface area contributed by atoms with Crippen molar-refractivity contribution in [2.75, 3.05) is 5.32 Å². The summed E-state index contributed by atoms with van der Waals surface area (Å²) in [6, 6.07) is 7.71. The van der Waals surface area contributed by atoms with Crippen LogP contribution in [0.15, 0.2) is 36.5 Å². The average molecular weight is 325 g/mol. The number of hydrogen-bond acceptors (Lipinski definition) is 5. The normalized spacial score (nSPS) is 10.7. The summed E-state index contributed by atoms with van der Waals surface area (Å²) in [7, 11) is 0. The molecule has 7 heteroatoms. The molecule has 0 unspecified atom stereocenters. The molecular weight excluding hydrogens is 309 g/mol. The molecule has 2 aromatic heterocycles. The van der Waals surface area contributed by atoms with Gasteiger partial charge >= 0.3 is 0 Å². The predicted molar refractivity (Wildman–Crippen MR) is 88.3 cm³/mol. The minimum Gasteiger partial charge on any atom is -0.340 e. The first kappa shape index (κ1) is 15.8. The molecule has 6 nitrogen and oxygen atoms in total.